The molecule has 0 bridgehead atoms. The van der Waals surface area contributed by atoms with Crippen molar-refractivity contribution in [3.8, 4) is 0 Å². The first-order chi connectivity index (χ1) is 10.1. The zero-order valence-corrected chi connectivity index (χ0v) is 13.6. The molecule has 0 amide bonds. The molecule has 5 nitrogen and oxygen atoms in total. The predicted octanol–water partition coefficient (Wildman–Crippen LogP) is 2.59. The SMILES string of the molecule is CC/C=C\C1=C(OC)[C@@H](C)C(C2=NC(C(=O)OC)CS2)=N1. The number of allylic oxidation sites excluding steroid dienone is 3. The van der Waals surface area contributed by atoms with Crippen LogP contribution in [0.1, 0.15) is 20.3 Å². The van der Waals surface area contributed by atoms with Crippen LogP contribution in [-0.2, 0) is 14.3 Å². The molecule has 2 atom stereocenters. The normalized spacial score (nSPS) is 25.3. The summed E-state index contributed by atoms with van der Waals surface area (Å²) in [4.78, 5) is 20.6. The van der Waals surface area contributed by atoms with Crippen LogP contribution >= 0.6 is 11.8 Å². The second-order valence-electron chi connectivity index (χ2n) is 4.77. The lowest BCUT2D eigenvalue weighted by molar-refractivity contribution is -0.141. The molecule has 114 valence electrons. The van der Waals surface area contributed by atoms with E-state index in [9.17, 15) is 4.79 Å². The lowest BCUT2D eigenvalue weighted by Crippen LogP contribution is -2.20. The van der Waals surface area contributed by atoms with Gasteiger partial charge in [-0.2, -0.15) is 0 Å². The molecule has 2 heterocycles. The molecule has 0 spiro atoms. The highest BCUT2D eigenvalue weighted by molar-refractivity contribution is 8.16. The average molecular weight is 308 g/mol. The summed E-state index contributed by atoms with van der Waals surface area (Å²) >= 11 is 1.55. The van der Waals surface area contributed by atoms with E-state index in [1.165, 1.54) is 7.11 Å². The van der Waals surface area contributed by atoms with Gasteiger partial charge in [0.15, 0.2) is 6.04 Å². The monoisotopic (exact) mass is 308 g/mol. The molecule has 0 N–H and O–H groups in total. The van der Waals surface area contributed by atoms with Crippen molar-refractivity contribution in [2.45, 2.75) is 26.3 Å². The van der Waals surface area contributed by atoms with Gasteiger partial charge in [0.25, 0.3) is 0 Å². The Morgan fingerprint density at radius 1 is 1.48 bits per heavy atom. The second-order valence-corrected chi connectivity index (χ2v) is 5.78. The summed E-state index contributed by atoms with van der Waals surface area (Å²) in [6.45, 7) is 4.11. The summed E-state index contributed by atoms with van der Waals surface area (Å²) in [5.74, 6) is 1.21. The van der Waals surface area contributed by atoms with E-state index in [-0.39, 0.29) is 11.9 Å². The molecule has 0 aromatic heterocycles. The molecule has 2 aliphatic rings. The van der Waals surface area contributed by atoms with Crippen LogP contribution in [0, 0.1) is 5.92 Å². The van der Waals surface area contributed by atoms with Crippen LogP contribution in [0.3, 0.4) is 0 Å². The highest BCUT2D eigenvalue weighted by Gasteiger charge is 2.34. The lowest BCUT2D eigenvalue weighted by Gasteiger charge is -2.10. The summed E-state index contributed by atoms with van der Waals surface area (Å²) in [7, 11) is 3.04. The largest absolute Gasteiger partial charge is 0.498 e. The van der Waals surface area contributed by atoms with Crippen LogP contribution < -0.4 is 0 Å². The molecule has 0 saturated carbocycles. The first-order valence-electron chi connectivity index (χ1n) is 6.94. The van der Waals surface area contributed by atoms with Crippen molar-refractivity contribution in [3.05, 3.63) is 23.6 Å². The third kappa shape index (κ3) is 3.20. The summed E-state index contributed by atoms with van der Waals surface area (Å²) in [5, 5.41) is 0.812. The lowest BCUT2D eigenvalue weighted by atomic mass is 10.1. The Morgan fingerprint density at radius 3 is 2.86 bits per heavy atom. The Morgan fingerprint density at radius 2 is 2.24 bits per heavy atom. The van der Waals surface area contributed by atoms with E-state index in [0.29, 0.717) is 5.75 Å². The third-order valence-electron chi connectivity index (χ3n) is 3.37. The summed E-state index contributed by atoms with van der Waals surface area (Å²) in [5.41, 5.74) is 1.71. The number of ether oxygens (including phenoxy) is 2. The second kappa shape index (κ2) is 6.93. The highest BCUT2D eigenvalue weighted by Crippen LogP contribution is 2.32. The van der Waals surface area contributed by atoms with Crippen LogP contribution in [0.2, 0.25) is 0 Å². The van der Waals surface area contributed by atoms with E-state index >= 15 is 0 Å². The molecule has 0 fully saturated rings. The van der Waals surface area contributed by atoms with Crippen molar-refractivity contribution in [1.82, 2.24) is 0 Å². The van der Waals surface area contributed by atoms with Crippen LogP contribution in [0.5, 0.6) is 0 Å². The number of rotatable bonds is 5. The molecular formula is C15H20N2O3S. The Balaban J connectivity index is 2.23. The molecule has 21 heavy (non-hydrogen) atoms. The van der Waals surface area contributed by atoms with Gasteiger partial charge in [0, 0.05) is 5.75 Å². The number of aliphatic imine (C=N–C) groups is 2. The Kier molecular flexibility index (Phi) is 5.22. The van der Waals surface area contributed by atoms with Gasteiger partial charge in [-0.25, -0.2) is 9.79 Å². The minimum absolute atomic E-state index is 0.0501. The number of carbonyl (C=O) groups excluding carboxylic acids is 1. The minimum Gasteiger partial charge on any atom is -0.498 e. The standard InChI is InChI=1S/C15H20N2O3S/c1-5-6-7-10-13(19-3)9(2)12(16-10)14-17-11(8-21-14)15(18)20-4/h6-7,9,11H,5,8H2,1-4H3/b7-6-/t9-,11?/m0/s1. The van der Waals surface area contributed by atoms with Gasteiger partial charge >= 0.3 is 5.97 Å². The van der Waals surface area contributed by atoms with Gasteiger partial charge in [-0.1, -0.05) is 13.0 Å². The Bertz CT molecular complexity index is 549. The van der Waals surface area contributed by atoms with E-state index in [1.54, 1.807) is 18.9 Å². The number of nitrogens with zero attached hydrogens (tertiary/aromatic N) is 2. The van der Waals surface area contributed by atoms with E-state index in [1.807, 2.05) is 19.1 Å². The molecule has 0 aromatic carbocycles. The van der Waals surface area contributed by atoms with Crippen LogP contribution in [0.15, 0.2) is 33.6 Å². The maximum absolute atomic E-state index is 11.6. The van der Waals surface area contributed by atoms with Crippen molar-refractivity contribution in [3.63, 3.8) is 0 Å². The zero-order chi connectivity index (χ0) is 15.4. The summed E-state index contributed by atoms with van der Waals surface area (Å²) in [6.07, 6.45) is 4.97. The maximum Gasteiger partial charge on any atom is 0.331 e. The van der Waals surface area contributed by atoms with Crippen molar-refractivity contribution in [2.24, 2.45) is 15.9 Å². The van der Waals surface area contributed by atoms with E-state index < -0.39 is 6.04 Å². The molecular weight excluding hydrogens is 288 g/mol. The van der Waals surface area contributed by atoms with Gasteiger partial charge < -0.3 is 9.47 Å². The molecule has 2 rings (SSSR count). The van der Waals surface area contributed by atoms with Gasteiger partial charge in [-0.05, 0) is 19.4 Å². The van der Waals surface area contributed by atoms with Gasteiger partial charge in [0.05, 0.1) is 25.8 Å². The van der Waals surface area contributed by atoms with Crippen molar-refractivity contribution in [1.29, 1.82) is 0 Å². The number of hydrogen-bond donors (Lipinski definition) is 0. The first kappa shape index (κ1) is 15.8. The summed E-state index contributed by atoms with van der Waals surface area (Å²) in [6, 6.07) is -0.425. The van der Waals surface area contributed by atoms with Gasteiger partial charge in [0.1, 0.15) is 16.5 Å². The molecule has 0 saturated heterocycles. The highest BCUT2D eigenvalue weighted by atomic mass is 32.2. The summed E-state index contributed by atoms with van der Waals surface area (Å²) < 4.78 is 10.2. The molecule has 1 unspecified atom stereocenters. The van der Waals surface area contributed by atoms with E-state index in [4.69, 9.17) is 9.47 Å². The smallest absolute Gasteiger partial charge is 0.331 e. The number of carbonyl (C=O) groups is 1. The Labute approximate surface area is 129 Å². The fraction of sp³-hybridized carbons (Fsp3) is 0.533. The van der Waals surface area contributed by atoms with Crippen molar-refractivity contribution < 1.29 is 14.3 Å². The van der Waals surface area contributed by atoms with E-state index in [2.05, 4.69) is 16.9 Å². The van der Waals surface area contributed by atoms with Crippen molar-refractivity contribution >= 4 is 28.5 Å². The number of thioether (sulfide) groups is 1. The molecule has 0 aliphatic carbocycles. The maximum atomic E-state index is 11.6. The topological polar surface area (TPSA) is 60.2 Å². The first-order valence-corrected chi connectivity index (χ1v) is 7.93. The Hall–Kier alpha value is -1.56. The number of methoxy groups -OCH3 is 2. The number of hydrogen-bond acceptors (Lipinski definition) is 6. The van der Waals surface area contributed by atoms with Gasteiger partial charge in [0.2, 0.25) is 0 Å². The molecule has 6 heteroatoms. The fourth-order valence-electron chi connectivity index (χ4n) is 2.26. The van der Waals surface area contributed by atoms with Crippen LogP contribution in [-0.4, -0.2) is 42.7 Å². The molecule has 0 radical (unpaired) electrons. The van der Waals surface area contributed by atoms with Gasteiger partial charge in [-0.3, -0.25) is 4.99 Å². The van der Waals surface area contributed by atoms with Crippen LogP contribution in [0.25, 0.3) is 0 Å². The van der Waals surface area contributed by atoms with Gasteiger partial charge in [-0.15, -0.1) is 11.8 Å². The average Bonchev–Trinajstić information content (AvgIpc) is 3.08. The third-order valence-corrected chi connectivity index (χ3v) is 4.44. The minimum atomic E-state index is -0.425. The van der Waals surface area contributed by atoms with Crippen LogP contribution in [0.4, 0.5) is 0 Å². The molecule has 2 aliphatic heterocycles. The zero-order valence-electron chi connectivity index (χ0n) is 12.8. The predicted molar refractivity (Wildman–Crippen MR) is 85.8 cm³/mol. The molecule has 0 aromatic rings. The van der Waals surface area contributed by atoms with E-state index in [0.717, 1.165) is 28.6 Å². The quantitative estimate of drug-likeness (QED) is 0.732. The fourth-order valence-corrected chi connectivity index (χ4v) is 3.36. The number of esters is 1. The van der Waals surface area contributed by atoms with Crippen molar-refractivity contribution in [2.75, 3.05) is 20.0 Å².